The third kappa shape index (κ3) is 4.32. The van der Waals surface area contributed by atoms with Crippen LogP contribution in [0.3, 0.4) is 0 Å². The number of anilines is 3. The quantitative estimate of drug-likeness (QED) is 0.650. The number of carbonyl (C=O) groups excluding carboxylic acids is 1. The average molecular weight is 391 g/mol. The Morgan fingerprint density at radius 3 is 2.59 bits per heavy atom. The third-order valence-corrected chi connectivity index (χ3v) is 4.31. The molecule has 0 atom stereocenters. The van der Waals surface area contributed by atoms with Gasteiger partial charge in [0.15, 0.2) is 16.6 Å². The molecule has 27 heavy (non-hydrogen) atoms. The van der Waals surface area contributed by atoms with Crippen molar-refractivity contribution in [1.82, 2.24) is 4.98 Å². The summed E-state index contributed by atoms with van der Waals surface area (Å²) in [6, 6.07) is 8.04. The van der Waals surface area contributed by atoms with Crippen LogP contribution in [0.15, 0.2) is 41.8 Å². The van der Waals surface area contributed by atoms with E-state index in [2.05, 4.69) is 15.6 Å². The Bertz CT molecular complexity index is 978. The van der Waals surface area contributed by atoms with E-state index in [-0.39, 0.29) is 11.4 Å². The fourth-order valence-electron chi connectivity index (χ4n) is 2.25. The maximum atomic E-state index is 13.6. The summed E-state index contributed by atoms with van der Waals surface area (Å²) in [5, 5.41) is 7.31. The van der Waals surface area contributed by atoms with Crippen molar-refractivity contribution in [2.24, 2.45) is 0 Å². The smallest absolute Gasteiger partial charge is 0.275 e. The van der Waals surface area contributed by atoms with Crippen molar-refractivity contribution in [2.75, 3.05) is 24.9 Å². The van der Waals surface area contributed by atoms with Gasteiger partial charge < -0.3 is 20.1 Å². The van der Waals surface area contributed by atoms with Crippen molar-refractivity contribution in [3.63, 3.8) is 0 Å². The largest absolute Gasteiger partial charge is 0.493 e. The van der Waals surface area contributed by atoms with Crippen LogP contribution >= 0.6 is 11.3 Å². The lowest BCUT2D eigenvalue weighted by atomic mass is 10.3. The van der Waals surface area contributed by atoms with E-state index in [1.807, 2.05) is 0 Å². The molecule has 2 aromatic carbocycles. The number of methoxy groups -OCH3 is 2. The van der Waals surface area contributed by atoms with E-state index in [1.54, 1.807) is 18.2 Å². The number of nitrogens with zero attached hydrogens (tertiary/aromatic N) is 1. The Kier molecular flexibility index (Phi) is 5.51. The number of hydrogen-bond donors (Lipinski definition) is 2. The average Bonchev–Trinajstić information content (AvgIpc) is 3.13. The van der Waals surface area contributed by atoms with Crippen LogP contribution in [0.1, 0.15) is 10.5 Å². The van der Waals surface area contributed by atoms with E-state index in [9.17, 15) is 13.6 Å². The van der Waals surface area contributed by atoms with Gasteiger partial charge in [0.05, 0.1) is 19.9 Å². The summed E-state index contributed by atoms with van der Waals surface area (Å²) in [6.45, 7) is 0. The lowest BCUT2D eigenvalue weighted by Crippen LogP contribution is -2.13. The van der Waals surface area contributed by atoms with Crippen molar-refractivity contribution < 1.29 is 23.0 Å². The van der Waals surface area contributed by atoms with Gasteiger partial charge in [0.2, 0.25) is 0 Å². The predicted octanol–water partition coefficient (Wildman–Crippen LogP) is 4.43. The fourth-order valence-corrected chi connectivity index (χ4v) is 2.96. The summed E-state index contributed by atoms with van der Waals surface area (Å²) in [5.74, 6) is -0.904. The van der Waals surface area contributed by atoms with E-state index in [0.717, 1.165) is 18.2 Å². The molecule has 140 valence electrons. The number of aromatic nitrogens is 1. The van der Waals surface area contributed by atoms with Crippen LogP contribution < -0.4 is 20.1 Å². The molecule has 0 saturated heterocycles. The molecule has 2 N–H and O–H groups in total. The third-order valence-electron chi connectivity index (χ3n) is 3.55. The van der Waals surface area contributed by atoms with Gasteiger partial charge in [-0.1, -0.05) is 0 Å². The van der Waals surface area contributed by atoms with Gasteiger partial charge in [0.25, 0.3) is 5.91 Å². The molecule has 0 aliphatic rings. The number of carbonyl (C=O) groups is 1. The number of ether oxygens (including phenoxy) is 2. The van der Waals surface area contributed by atoms with Gasteiger partial charge >= 0.3 is 0 Å². The molecule has 0 radical (unpaired) electrons. The van der Waals surface area contributed by atoms with Gasteiger partial charge in [-0.15, -0.1) is 11.3 Å². The van der Waals surface area contributed by atoms with Gasteiger partial charge in [-0.3, -0.25) is 4.79 Å². The molecule has 0 fully saturated rings. The summed E-state index contributed by atoms with van der Waals surface area (Å²) >= 11 is 1.19. The van der Waals surface area contributed by atoms with Gasteiger partial charge in [0, 0.05) is 23.2 Å². The van der Waals surface area contributed by atoms with Crippen molar-refractivity contribution in [3.8, 4) is 11.5 Å². The predicted molar refractivity (Wildman–Crippen MR) is 99.3 cm³/mol. The molecule has 6 nitrogen and oxygen atoms in total. The highest BCUT2D eigenvalue weighted by atomic mass is 32.1. The molecule has 0 unspecified atom stereocenters. The van der Waals surface area contributed by atoms with Crippen LogP contribution in [0.2, 0.25) is 0 Å². The molecule has 0 bridgehead atoms. The first kappa shape index (κ1) is 18.6. The molecule has 0 spiro atoms. The second kappa shape index (κ2) is 8.00. The zero-order chi connectivity index (χ0) is 19.4. The second-order valence-corrected chi connectivity index (χ2v) is 6.17. The molecule has 1 amide bonds. The van der Waals surface area contributed by atoms with E-state index in [4.69, 9.17) is 9.47 Å². The molecule has 0 aliphatic heterocycles. The Morgan fingerprint density at radius 2 is 1.85 bits per heavy atom. The number of rotatable bonds is 6. The van der Waals surface area contributed by atoms with Crippen LogP contribution in [-0.4, -0.2) is 25.1 Å². The minimum atomic E-state index is -0.733. The maximum absolute atomic E-state index is 13.6. The number of halogens is 2. The molecular formula is C18H15F2N3O3S. The van der Waals surface area contributed by atoms with Crippen molar-refractivity contribution in [3.05, 3.63) is 59.1 Å². The standard InChI is InChI=1S/C18H15F2N3O3S/c1-25-15-6-4-11(8-16(15)26-2)21-18-23-14(9-27-18)17(24)22-13-7-10(19)3-5-12(13)20/h3-9H,1-2H3,(H,21,23)(H,22,24). The van der Waals surface area contributed by atoms with Crippen molar-refractivity contribution in [1.29, 1.82) is 0 Å². The zero-order valence-corrected chi connectivity index (χ0v) is 15.2. The highest BCUT2D eigenvalue weighted by Gasteiger charge is 2.14. The molecule has 9 heteroatoms. The number of nitrogens with one attached hydrogen (secondary N) is 2. The SMILES string of the molecule is COc1ccc(Nc2nc(C(=O)Nc3cc(F)ccc3F)cs2)cc1OC. The molecule has 1 heterocycles. The van der Waals surface area contributed by atoms with Gasteiger partial charge in [0.1, 0.15) is 17.3 Å². The first-order valence-corrected chi connectivity index (χ1v) is 8.59. The summed E-state index contributed by atoms with van der Waals surface area (Å²) in [7, 11) is 3.07. The van der Waals surface area contributed by atoms with E-state index in [0.29, 0.717) is 22.3 Å². The summed E-state index contributed by atoms with van der Waals surface area (Å²) in [6.07, 6.45) is 0. The second-order valence-electron chi connectivity index (χ2n) is 5.31. The summed E-state index contributed by atoms with van der Waals surface area (Å²) in [5.41, 5.74) is 0.513. The van der Waals surface area contributed by atoms with Crippen molar-refractivity contribution >= 4 is 33.8 Å². The van der Waals surface area contributed by atoms with Gasteiger partial charge in [-0.2, -0.15) is 0 Å². The first-order chi connectivity index (χ1) is 13.0. The van der Waals surface area contributed by atoms with Gasteiger partial charge in [-0.25, -0.2) is 13.8 Å². The monoisotopic (exact) mass is 391 g/mol. The number of benzene rings is 2. The fraction of sp³-hybridized carbons (Fsp3) is 0.111. The van der Waals surface area contributed by atoms with Gasteiger partial charge in [-0.05, 0) is 24.3 Å². The van der Waals surface area contributed by atoms with Crippen LogP contribution in [0.5, 0.6) is 11.5 Å². The minimum Gasteiger partial charge on any atom is -0.493 e. The first-order valence-electron chi connectivity index (χ1n) is 7.71. The molecule has 1 aromatic heterocycles. The Morgan fingerprint density at radius 1 is 1.07 bits per heavy atom. The zero-order valence-electron chi connectivity index (χ0n) is 14.4. The highest BCUT2D eigenvalue weighted by Crippen LogP contribution is 2.31. The van der Waals surface area contributed by atoms with Crippen LogP contribution in [0, 0.1) is 11.6 Å². The van der Waals surface area contributed by atoms with Crippen LogP contribution in [0.4, 0.5) is 25.3 Å². The van der Waals surface area contributed by atoms with Crippen molar-refractivity contribution in [2.45, 2.75) is 0 Å². The number of amides is 1. The molecular weight excluding hydrogens is 376 g/mol. The molecule has 3 aromatic rings. The number of thiazole rings is 1. The Balaban J connectivity index is 1.73. The maximum Gasteiger partial charge on any atom is 0.275 e. The lowest BCUT2D eigenvalue weighted by Gasteiger charge is -2.09. The summed E-state index contributed by atoms with van der Waals surface area (Å²) in [4.78, 5) is 16.4. The molecule has 3 rings (SSSR count). The Labute approximate surface area is 157 Å². The number of hydrogen-bond acceptors (Lipinski definition) is 6. The molecule has 0 saturated carbocycles. The Hall–Kier alpha value is -3.20. The minimum absolute atomic E-state index is 0.0756. The van der Waals surface area contributed by atoms with E-state index in [1.165, 1.54) is 30.9 Å². The molecule has 0 aliphatic carbocycles. The topological polar surface area (TPSA) is 72.5 Å². The van der Waals surface area contributed by atoms with E-state index < -0.39 is 17.5 Å². The highest BCUT2D eigenvalue weighted by molar-refractivity contribution is 7.14. The lowest BCUT2D eigenvalue weighted by molar-refractivity contribution is 0.102. The van der Waals surface area contributed by atoms with Crippen LogP contribution in [0.25, 0.3) is 0 Å². The normalized spacial score (nSPS) is 10.4. The van der Waals surface area contributed by atoms with Crippen LogP contribution in [-0.2, 0) is 0 Å². The summed E-state index contributed by atoms with van der Waals surface area (Å²) < 4.78 is 37.2. The van der Waals surface area contributed by atoms with E-state index >= 15 is 0 Å².